The van der Waals surface area contributed by atoms with Gasteiger partial charge in [0.05, 0.1) is 7.11 Å². The average molecular weight is 303 g/mol. The van der Waals surface area contributed by atoms with Crippen LogP contribution in [0.5, 0.6) is 0 Å². The SMILES string of the molecule is COC(=O)N1CCC(N2CCc3ccccc3NC2=O)CC1. The summed E-state index contributed by atoms with van der Waals surface area (Å²) in [5, 5.41) is 3.00. The van der Waals surface area contributed by atoms with E-state index in [2.05, 4.69) is 11.4 Å². The molecular formula is C16H21N3O3. The number of nitrogens with zero attached hydrogens (tertiary/aromatic N) is 2. The topological polar surface area (TPSA) is 61.9 Å². The Kier molecular flexibility index (Phi) is 4.18. The number of ether oxygens (including phenoxy) is 1. The molecular weight excluding hydrogens is 282 g/mol. The van der Waals surface area contributed by atoms with Crippen LogP contribution in [0.2, 0.25) is 0 Å². The van der Waals surface area contributed by atoms with Gasteiger partial charge in [0, 0.05) is 31.4 Å². The summed E-state index contributed by atoms with van der Waals surface area (Å²) in [6.45, 7) is 1.98. The summed E-state index contributed by atoms with van der Waals surface area (Å²) in [6, 6.07) is 8.06. The number of piperidine rings is 1. The molecule has 0 aromatic heterocycles. The Morgan fingerprint density at radius 1 is 1.23 bits per heavy atom. The number of rotatable bonds is 1. The van der Waals surface area contributed by atoms with Crippen LogP contribution in [0, 0.1) is 0 Å². The number of hydrogen-bond acceptors (Lipinski definition) is 3. The van der Waals surface area contributed by atoms with Crippen LogP contribution in [-0.4, -0.2) is 54.7 Å². The number of amides is 3. The zero-order chi connectivity index (χ0) is 15.5. The highest BCUT2D eigenvalue weighted by Crippen LogP contribution is 2.24. The van der Waals surface area contributed by atoms with Crippen molar-refractivity contribution >= 4 is 17.8 Å². The Morgan fingerprint density at radius 3 is 2.68 bits per heavy atom. The normalized spacial score (nSPS) is 19.2. The molecule has 2 heterocycles. The molecule has 2 aliphatic rings. The second kappa shape index (κ2) is 6.25. The van der Waals surface area contributed by atoms with E-state index in [-0.39, 0.29) is 18.2 Å². The lowest BCUT2D eigenvalue weighted by Crippen LogP contribution is -2.50. The van der Waals surface area contributed by atoms with E-state index in [1.54, 1.807) is 4.90 Å². The minimum Gasteiger partial charge on any atom is -0.453 e. The molecule has 1 N–H and O–H groups in total. The monoisotopic (exact) mass is 303 g/mol. The lowest BCUT2D eigenvalue weighted by atomic mass is 10.0. The first-order chi connectivity index (χ1) is 10.7. The number of anilines is 1. The molecule has 3 rings (SSSR count). The molecule has 0 atom stereocenters. The number of benzene rings is 1. The Bertz CT molecular complexity index is 568. The molecule has 1 saturated heterocycles. The van der Waals surface area contributed by atoms with Gasteiger partial charge in [0.15, 0.2) is 0 Å². The molecule has 0 spiro atoms. The predicted octanol–water partition coefficient (Wildman–Crippen LogP) is 2.31. The molecule has 0 aliphatic carbocycles. The molecule has 3 amide bonds. The third kappa shape index (κ3) is 2.86. The number of methoxy groups -OCH3 is 1. The number of urea groups is 1. The summed E-state index contributed by atoms with van der Waals surface area (Å²) in [7, 11) is 1.40. The van der Waals surface area contributed by atoms with Gasteiger partial charge in [-0.3, -0.25) is 0 Å². The van der Waals surface area contributed by atoms with Crippen molar-refractivity contribution < 1.29 is 14.3 Å². The van der Waals surface area contributed by atoms with Gasteiger partial charge in [0.2, 0.25) is 0 Å². The van der Waals surface area contributed by atoms with Gasteiger partial charge >= 0.3 is 12.1 Å². The molecule has 0 bridgehead atoms. The maximum absolute atomic E-state index is 12.5. The van der Waals surface area contributed by atoms with E-state index in [1.165, 1.54) is 12.7 Å². The molecule has 0 saturated carbocycles. The zero-order valence-electron chi connectivity index (χ0n) is 12.7. The smallest absolute Gasteiger partial charge is 0.409 e. The lowest BCUT2D eigenvalue weighted by Gasteiger charge is -2.37. The molecule has 22 heavy (non-hydrogen) atoms. The lowest BCUT2D eigenvalue weighted by molar-refractivity contribution is 0.0944. The number of likely N-dealkylation sites (tertiary alicyclic amines) is 1. The fraction of sp³-hybridized carbons (Fsp3) is 0.500. The third-order valence-electron chi connectivity index (χ3n) is 4.48. The standard InChI is InChI=1S/C16H21N3O3/c1-22-16(21)18-9-7-13(8-10-18)19-11-6-12-4-2-3-5-14(12)17-15(19)20/h2-5,13H,6-11H2,1H3,(H,17,20). The molecule has 0 radical (unpaired) electrons. The second-order valence-corrected chi connectivity index (χ2v) is 5.72. The maximum Gasteiger partial charge on any atom is 0.409 e. The van der Waals surface area contributed by atoms with E-state index in [0.29, 0.717) is 19.6 Å². The summed E-state index contributed by atoms with van der Waals surface area (Å²) in [5.74, 6) is 0. The van der Waals surface area contributed by atoms with Crippen LogP contribution in [-0.2, 0) is 11.2 Å². The number of hydrogen-bond donors (Lipinski definition) is 1. The first-order valence-electron chi connectivity index (χ1n) is 7.67. The van der Waals surface area contributed by atoms with E-state index >= 15 is 0 Å². The van der Waals surface area contributed by atoms with Crippen LogP contribution in [0.1, 0.15) is 18.4 Å². The largest absolute Gasteiger partial charge is 0.453 e. The van der Waals surface area contributed by atoms with Gasteiger partial charge in [-0.2, -0.15) is 0 Å². The van der Waals surface area contributed by atoms with Crippen molar-refractivity contribution in [3.05, 3.63) is 29.8 Å². The number of para-hydroxylation sites is 1. The summed E-state index contributed by atoms with van der Waals surface area (Å²) in [5.41, 5.74) is 2.08. The highest BCUT2D eigenvalue weighted by Gasteiger charge is 2.31. The molecule has 6 heteroatoms. The summed E-state index contributed by atoms with van der Waals surface area (Å²) in [4.78, 5) is 27.6. The second-order valence-electron chi connectivity index (χ2n) is 5.72. The Morgan fingerprint density at radius 2 is 1.95 bits per heavy atom. The van der Waals surface area contributed by atoms with Crippen LogP contribution >= 0.6 is 0 Å². The fourth-order valence-corrected chi connectivity index (χ4v) is 3.23. The molecule has 1 fully saturated rings. The highest BCUT2D eigenvalue weighted by molar-refractivity contribution is 5.91. The van der Waals surface area contributed by atoms with Gasteiger partial charge in [0.25, 0.3) is 0 Å². The van der Waals surface area contributed by atoms with Gasteiger partial charge in [-0.25, -0.2) is 9.59 Å². The van der Waals surface area contributed by atoms with Crippen molar-refractivity contribution in [3.8, 4) is 0 Å². The van der Waals surface area contributed by atoms with Crippen molar-refractivity contribution in [3.63, 3.8) is 0 Å². The molecule has 0 unspecified atom stereocenters. The fourth-order valence-electron chi connectivity index (χ4n) is 3.23. The highest BCUT2D eigenvalue weighted by atomic mass is 16.5. The maximum atomic E-state index is 12.5. The Labute approximate surface area is 130 Å². The summed E-state index contributed by atoms with van der Waals surface area (Å²) >= 11 is 0. The number of nitrogens with one attached hydrogen (secondary N) is 1. The molecule has 118 valence electrons. The van der Waals surface area contributed by atoms with Crippen molar-refractivity contribution in [1.82, 2.24) is 9.80 Å². The number of fused-ring (bicyclic) bond motifs is 1. The van der Waals surface area contributed by atoms with Crippen molar-refractivity contribution in [2.24, 2.45) is 0 Å². The third-order valence-corrected chi connectivity index (χ3v) is 4.48. The summed E-state index contributed by atoms with van der Waals surface area (Å²) in [6.07, 6.45) is 2.15. The van der Waals surface area contributed by atoms with E-state index in [1.807, 2.05) is 23.1 Å². The van der Waals surface area contributed by atoms with Crippen LogP contribution in [0.15, 0.2) is 24.3 Å². The van der Waals surface area contributed by atoms with Gasteiger partial charge in [-0.05, 0) is 30.9 Å². The molecule has 1 aromatic carbocycles. The van der Waals surface area contributed by atoms with Crippen LogP contribution in [0.4, 0.5) is 15.3 Å². The van der Waals surface area contributed by atoms with Crippen LogP contribution < -0.4 is 5.32 Å². The number of carbonyl (C=O) groups excluding carboxylic acids is 2. The average Bonchev–Trinajstić information content (AvgIpc) is 2.72. The molecule has 2 aliphatic heterocycles. The van der Waals surface area contributed by atoms with Crippen molar-refractivity contribution in [1.29, 1.82) is 0 Å². The first kappa shape index (κ1) is 14.7. The van der Waals surface area contributed by atoms with E-state index < -0.39 is 0 Å². The quantitative estimate of drug-likeness (QED) is 0.866. The Balaban J connectivity index is 1.65. The van der Waals surface area contributed by atoms with Gasteiger partial charge in [0.1, 0.15) is 0 Å². The first-order valence-corrected chi connectivity index (χ1v) is 7.67. The minimum absolute atomic E-state index is 0.0403. The van der Waals surface area contributed by atoms with Crippen molar-refractivity contribution in [2.75, 3.05) is 32.1 Å². The van der Waals surface area contributed by atoms with E-state index in [4.69, 9.17) is 4.74 Å². The zero-order valence-corrected chi connectivity index (χ0v) is 12.7. The summed E-state index contributed by atoms with van der Waals surface area (Å²) < 4.78 is 4.75. The molecule has 6 nitrogen and oxygen atoms in total. The minimum atomic E-state index is -0.286. The van der Waals surface area contributed by atoms with Gasteiger partial charge in [-0.1, -0.05) is 18.2 Å². The van der Waals surface area contributed by atoms with Crippen LogP contribution in [0.25, 0.3) is 0 Å². The van der Waals surface area contributed by atoms with Gasteiger partial charge in [-0.15, -0.1) is 0 Å². The predicted molar refractivity (Wildman–Crippen MR) is 82.9 cm³/mol. The number of carbonyl (C=O) groups is 2. The van der Waals surface area contributed by atoms with E-state index in [0.717, 1.165) is 24.9 Å². The Hall–Kier alpha value is -2.24. The van der Waals surface area contributed by atoms with E-state index in [9.17, 15) is 9.59 Å². The molecule has 1 aromatic rings. The van der Waals surface area contributed by atoms with Crippen molar-refractivity contribution in [2.45, 2.75) is 25.3 Å². The van der Waals surface area contributed by atoms with Gasteiger partial charge < -0.3 is 19.9 Å². The van der Waals surface area contributed by atoms with Crippen LogP contribution in [0.3, 0.4) is 0 Å².